The molecule has 1 aromatic rings. The summed E-state index contributed by atoms with van der Waals surface area (Å²) in [5.74, 6) is 0.676. The van der Waals surface area contributed by atoms with Crippen LogP contribution in [0.15, 0.2) is 18.3 Å². The summed E-state index contributed by atoms with van der Waals surface area (Å²) in [6.45, 7) is 4.36. The predicted molar refractivity (Wildman–Crippen MR) is 64.5 cm³/mol. The Hall–Kier alpha value is -1.09. The number of nitrogens with zero attached hydrogens (tertiary/aromatic N) is 1. The molecule has 1 heterocycles. The molecular weight excluding hydrogens is 200 g/mol. The van der Waals surface area contributed by atoms with Crippen LogP contribution < -0.4 is 10.1 Å². The number of methoxy groups -OCH3 is 1. The van der Waals surface area contributed by atoms with Crippen molar-refractivity contribution in [3.05, 3.63) is 23.9 Å². The summed E-state index contributed by atoms with van der Waals surface area (Å²) in [5, 5.41) is 3.50. The lowest BCUT2D eigenvalue weighted by atomic mass is 9.70. The minimum absolute atomic E-state index is 0.542. The van der Waals surface area contributed by atoms with Gasteiger partial charge in [-0.1, -0.05) is 19.4 Å². The zero-order chi connectivity index (χ0) is 11.4. The van der Waals surface area contributed by atoms with Crippen molar-refractivity contribution in [3.8, 4) is 5.88 Å². The first-order valence-corrected chi connectivity index (χ1v) is 5.91. The van der Waals surface area contributed by atoms with Gasteiger partial charge in [-0.3, -0.25) is 0 Å². The Balaban J connectivity index is 1.76. The topological polar surface area (TPSA) is 34.1 Å². The van der Waals surface area contributed by atoms with Gasteiger partial charge in [0.25, 0.3) is 0 Å². The van der Waals surface area contributed by atoms with Crippen molar-refractivity contribution < 1.29 is 4.74 Å². The molecule has 88 valence electrons. The maximum absolute atomic E-state index is 5.02. The molecule has 0 aliphatic heterocycles. The summed E-state index contributed by atoms with van der Waals surface area (Å²) in [7, 11) is 1.64. The van der Waals surface area contributed by atoms with Crippen molar-refractivity contribution in [1.82, 2.24) is 10.3 Å². The normalized spacial score (nSPS) is 17.9. The number of rotatable bonds is 5. The van der Waals surface area contributed by atoms with E-state index in [1.807, 2.05) is 12.3 Å². The van der Waals surface area contributed by atoms with E-state index in [0.29, 0.717) is 11.3 Å². The second-order valence-electron chi connectivity index (χ2n) is 4.98. The van der Waals surface area contributed by atoms with E-state index in [1.54, 1.807) is 7.11 Å². The molecule has 0 radical (unpaired) electrons. The lowest BCUT2D eigenvalue weighted by Gasteiger charge is -2.38. The van der Waals surface area contributed by atoms with E-state index < -0.39 is 0 Å². The highest BCUT2D eigenvalue weighted by atomic mass is 16.5. The molecule has 0 unspecified atom stereocenters. The molecule has 3 nitrogen and oxygen atoms in total. The largest absolute Gasteiger partial charge is 0.481 e. The highest BCUT2D eigenvalue weighted by molar-refractivity contribution is 5.17. The molecule has 1 aliphatic rings. The minimum atomic E-state index is 0.542. The Morgan fingerprint density at radius 3 is 2.75 bits per heavy atom. The highest BCUT2D eigenvalue weighted by Gasteiger charge is 2.30. The zero-order valence-corrected chi connectivity index (χ0v) is 10.1. The van der Waals surface area contributed by atoms with Gasteiger partial charge in [-0.2, -0.15) is 0 Å². The molecule has 1 N–H and O–H groups in total. The van der Waals surface area contributed by atoms with Crippen molar-refractivity contribution in [2.24, 2.45) is 5.41 Å². The third kappa shape index (κ3) is 2.73. The maximum atomic E-state index is 5.02. The van der Waals surface area contributed by atoms with E-state index in [0.717, 1.165) is 13.1 Å². The fourth-order valence-corrected chi connectivity index (χ4v) is 2.10. The Labute approximate surface area is 97.2 Å². The lowest BCUT2D eigenvalue weighted by molar-refractivity contribution is 0.156. The average molecular weight is 220 g/mol. The van der Waals surface area contributed by atoms with Crippen molar-refractivity contribution in [2.75, 3.05) is 13.7 Å². The Morgan fingerprint density at radius 2 is 2.25 bits per heavy atom. The van der Waals surface area contributed by atoms with Crippen LogP contribution >= 0.6 is 0 Å². The third-order valence-corrected chi connectivity index (χ3v) is 3.45. The zero-order valence-electron chi connectivity index (χ0n) is 10.1. The standard InChI is InChI=1S/C13H20N2O/c1-13(6-3-7-13)10-14-8-11-4-5-12(16-2)15-9-11/h4-5,9,14H,3,6-8,10H2,1-2H3. The molecule has 16 heavy (non-hydrogen) atoms. The van der Waals surface area contributed by atoms with Crippen LogP contribution in [-0.4, -0.2) is 18.6 Å². The van der Waals surface area contributed by atoms with E-state index in [9.17, 15) is 0 Å². The first-order valence-electron chi connectivity index (χ1n) is 5.91. The molecule has 0 spiro atoms. The van der Waals surface area contributed by atoms with Crippen molar-refractivity contribution in [2.45, 2.75) is 32.7 Å². The highest BCUT2D eigenvalue weighted by Crippen LogP contribution is 2.39. The summed E-state index contributed by atoms with van der Waals surface area (Å²) in [6, 6.07) is 3.96. The molecule has 1 saturated carbocycles. The summed E-state index contributed by atoms with van der Waals surface area (Å²) < 4.78 is 5.02. The van der Waals surface area contributed by atoms with Crippen LogP contribution in [0.2, 0.25) is 0 Å². The van der Waals surface area contributed by atoms with E-state index in [1.165, 1.54) is 24.8 Å². The molecule has 0 bridgehead atoms. The summed E-state index contributed by atoms with van der Waals surface area (Å²) in [6.07, 6.45) is 5.99. The second-order valence-corrected chi connectivity index (χ2v) is 4.98. The van der Waals surface area contributed by atoms with Crippen molar-refractivity contribution in [3.63, 3.8) is 0 Å². The van der Waals surface area contributed by atoms with Gasteiger partial charge in [0.2, 0.25) is 5.88 Å². The monoisotopic (exact) mass is 220 g/mol. The lowest BCUT2D eigenvalue weighted by Crippen LogP contribution is -2.36. The van der Waals surface area contributed by atoms with Crippen LogP contribution in [0.1, 0.15) is 31.7 Å². The molecule has 1 aliphatic carbocycles. The minimum Gasteiger partial charge on any atom is -0.481 e. The third-order valence-electron chi connectivity index (χ3n) is 3.45. The maximum Gasteiger partial charge on any atom is 0.212 e. The summed E-state index contributed by atoms with van der Waals surface area (Å²) in [5.41, 5.74) is 1.75. The molecule has 0 atom stereocenters. The molecule has 1 aromatic heterocycles. The van der Waals surface area contributed by atoms with Gasteiger partial charge < -0.3 is 10.1 Å². The van der Waals surface area contributed by atoms with Crippen LogP contribution in [-0.2, 0) is 6.54 Å². The number of aromatic nitrogens is 1. The number of hydrogen-bond acceptors (Lipinski definition) is 3. The Bertz CT molecular complexity index is 330. The van der Waals surface area contributed by atoms with Crippen LogP contribution in [0, 0.1) is 5.41 Å². The molecule has 3 heteroatoms. The molecule has 0 amide bonds. The van der Waals surface area contributed by atoms with Gasteiger partial charge in [-0.15, -0.1) is 0 Å². The van der Waals surface area contributed by atoms with Gasteiger partial charge in [-0.25, -0.2) is 4.98 Å². The fraction of sp³-hybridized carbons (Fsp3) is 0.615. The number of hydrogen-bond donors (Lipinski definition) is 1. The van der Waals surface area contributed by atoms with E-state index in [4.69, 9.17) is 4.74 Å². The van der Waals surface area contributed by atoms with Gasteiger partial charge >= 0.3 is 0 Å². The van der Waals surface area contributed by atoms with Gasteiger partial charge in [0.1, 0.15) is 0 Å². The van der Waals surface area contributed by atoms with Gasteiger partial charge in [0.05, 0.1) is 7.11 Å². The quantitative estimate of drug-likeness (QED) is 0.827. The fourth-order valence-electron chi connectivity index (χ4n) is 2.10. The van der Waals surface area contributed by atoms with E-state index in [2.05, 4.69) is 23.3 Å². The van der Waals surface area contributed by atoms with Crippen LogP contribution in [0.5, 0.6) is 5.88 Å². The molecule has 0 aromatic carbocycles. The smallest absolute Gasteiger partial charge is 0.212 e. The SMILES string of the molecule is COc1ccc(CNCC2(C)CCC2)cn1. The van der Waals surface area contributed by atoms with E-state index >= 15 is 0 Å². The Morgan fingerprint density at radius 1 is 1.44 bits per heavy atom. The first kappa shape index (κ1) is 11.4. The van der Waals surface area contributed by atoms with Gasteiger partial charge in [0, 0.05) is 25.4 Å². The van der Waals surface area contributed by atoms with Crippen LogP contribution in [0.25, 0.3) is 0 Å². The molecule has 2 rings (SSSR count). The van der Waals surface area contributed by atoms with Gasteiger partial charge in [0.15, 0.2) is 0 Å². The Kier molecular flexibility index (Phi) is 3.44. The van der Waals surface area contributed by atoms with Crippen molar-refractivity contribution >= 4 is 0 Å². The number of pyridine rings is 1. The first-order chi connectivity index (χ1) is 7.72. The average Bonchev–Trinajstić information content (AvgIpc) is 2.28. The summed E-state index contributed by atoms with van der Waals surface area (Å²) in [4.78, 5) is 4.18. The van der Waals surface area contributed by atoms with Gasteiger partial charge in [-0.05, 0) is 23.8 Å². The van der Waals surface area contributed by atoms with Crippen molar-refractivity contribution in [1.29, 1.82) is 0 Å². The predicted octanol–water partition coefficient (Wildman–Crippen LogP) is 2.37. The number of nitrogens with one attached hydrogen (secondary N) is 1. The molecule has 1 fully saturated rings. The van der Waals surface area contributed by atoms with Crippen LogP contribution in [0.4, 0.5) is 0 Å². The summed E-state index contributed by atoms with van der Waals surface area (Å²) >= 11 is 0. The number of ether oxygens (including phenoxy) is 1. The second kappa shape index (κ2) is 4.83. The van der Waals surface area contributed by atoms with Crippen LogP contribution in [0.3, 0.4) is 0 Å². The molecule has 0 saturated heterocycles. The molecular formula is C13H20N2O. The van der Waals surface area contributed by atoms with E-state index in [-0.39, 0.29) is 0 Å².